The van der Waals surface area contributed by atoms with Crippen LogP contribution < -0.4 is 5.32 Å². The van der Waals surface area contributed by atoms with Crippen molar-refractivity contribution >= 4 is 11.3 Å². The van der Waals surface area contributed by atoms with Gasteiger partial charge in [0, 0.05) is 17.0 Å². The molecule has 1 aromatic heterocycles. The standard InChI is InChI=1S/C16H25NS/c1-11(13-6-5-9-18-13)17-14-15(2,3)12-7-8-16(14,4)10-12/h5-6,9,11-12,14,17H,7-8,10H2,1-4H3/t11-,12-,14?,16+/m0/s1. The molecule has 2 aliphatic rings. The summed E-state index contributed by atoms with van der Waals surface area (Å²) in [6.45, 7) is 9.76. The Balaban J connectivity index is 1.80. The molecule has 0 amide bonds. The van der Waals surface area contributed by atoms with Gasteiger partial charge in [-0.15, -0.1) is 11.3 Å². The highest BCUT2D eigenvalue weighted by Gasteiger charge is 2.59. The Labute approximate surface area is 115 Å². The Morgan fingerprint density at radius 2 is 2.17 bits per heavy atom. The van der Waals surface area contributed by atoms with E-state index in [1.807, 2.05) is 11.3 Å². The van der Waals surface area contributed by atoms with Gasteiger partial charge < -0.3 is 5.32 Å². The van der Waals surface area contributed by atoms with Crippen molar-refractivity contribution in [2.45, 2.75) is 59.0 Å². The molecule has 1 heterocycles. The van der Waals surface area contributed by atoms with Gasteiger partial charge in [0.1, 0.15) is 0 Å². The number of hydrogen-bond donors (Lipinski definition) is 1. The summed E-state index contributed by atoms with van der Waals surface area (Å²) in [4.78, 5) is 1.47. The molecule has 1 nitrogen and oxygen atoms in total. The van der Waals surface area contributed by atoms with E-state index in [1.165, 1.54) is 24.1 Å². The van der Waals surface area contributed by atoms with Crippen LogP contribution in [0.15, 0.2) is 17.5 Å². The van der Waals surface area contributed by atoms with Crippen molar-refractivity contribution in [3.8, 4) is 0 Å². The normalized spacial score (nSPS) is 39.1. The highest BCUT2D eigenvalue weighted by Crippen LogP contribution is 2.62. The summed E-state index contributed by atoms with van der Waals surface area (Å²) in [6.07, 6.45) is 4.28. The Hall–Kier alpha value is -0.340. The Morgan fingerprint density at radius 1 is 1.39 bits per heavy atom. The summed E-state index contributed by atoms with van der Waals surface area (Å²) in [5.41, 5.74) is 0.984. The van der Waals surface area contributed by atoms with E-state index in [2.05, 4.69) is 50.5 Å². The Morgan fingerprint density at radius 3 is 2.72 bits per heavy atom. The molecule has 0 spiro atoms. The first-order valence-electron chi connectivity index (χ1n) is 7.23. The van der Waals surface area contributed by atoms with Crippen LogP contribution in [-0.2, 0) is 0 Å². The van der Waals surface area contributed by atoms with Gasteiger partial charge in [-0.25, -0.2) is 0 Å². The molecular weight excluding hydrogens is 238 g/mol. The van der Waals surface area contributed by atoms with Crippen LogP contribution in [-0.4, -0.2) is 6.04 Å². The lowest BCUT2D eigenvalue weighted by Gasteiger charge is -2.44. The lowest BCUT2D eigenvalue weighted by atomic mass is 9.68. The van der Waals surface area contributed by atoms with E-state index in [1.54, 1.807) is 0 Å². The van der Waals surface area contributed by atoms with Crippen molar-refractivity contribution < 1.29 is 0 Å². The average molecular weight is 263 g/mol. The van der Waals surface area contributed by atoms with Gasteiger partial charge in [0.15, 0.2) is 0 Å². The second kappa shape index (κ2) is 4.08. The molecule has 2 aliphatic carbocycles. The molecule has 2 bridgehead atoms. The summed E-state index contributed by atoms with van der Waals surface area (Å²) in [7, 11) is 0. The van der Waals surface area contributed by atoms with Crippen LogP contribution >= 0.6 is 11.3 Å². The predicted molar refractivity (Wildman–Crippen MR) is 78.9 cm³/mol. The quantitative estimate of drug-likeness (QED) is 0.839. The molecule has 100 valence electrons. The number of hydrogen-bond acceptors (Lipinski definition) is 2. The highest BCUT2D eigenvalue weighted by molar-refractivity contribution is 7.10. The van der Waals surface area contributed by atoms with Gasteiger partial charge in [-0.05, 0) is 54.4 Å². The Bertz CT molecular complexity index is 418. The maximum atomic E-state index is 3.95. The minimum Gasteiger partial charge on any atom is -0.306 e. The van der Waals surface area contributed by atoms with Crippen molar-refractivity contribution in [2.24, 2.45) is 16.7 Å². The van der Waals surface area contributed by atoms with Crippen LogP contribution in [0.25, 0.3) is 0 Å². The smallest absolute Gasteiger partial charge is 0.0388 e. The molecule has 0 aliphatic heterocycles. The molecule has 2 heteroatoms. The highest BCUT2D eigenvalue weighted by atomic mass is 32.1. The van der Waals surface area contributed by atoms with Crippen LogP contribution in [0, 0.1) is 16.7 Å². The largest absolute Gasteiger partial charge is 0.306 e. The zero-order valence-electron chi connectivity index (χ0n) is 12.0. The van der Waals surface area contributed by atoms with E-state index in [-0.39, 0.29) is 0 Å². The first kappa shape index (κ1) is 12.7. The molecule has 0 radical (unpaired) electrons. The summed E-state index contributed by atoms with van der Waals surface area (Å²) in [5.74, 6) is 0.926. The fourth-order valence-corrected chi connectivity index (χ4v) is 5.33. The van der Waals surface area contributed by atoms with Gasteiger partial charge >= 0.3 is 0 Å². The maximum Gasteiger partial charge on any atom is 0.0388 e. The lowest BCUT2D eigenvalue weighted by molar-refractivity contribution is 0.101. The van der Waals surface area contributed by atoms with Crippen LogP contribution in [0.4, 0.5) is 0 Å². The zero-order chi connectivity index (χ0) is 13.0. The summed E-state index contributed by atoms with van der Waals surface area (Å²) < 4.78 is 0. The second-order valence-electron chi connectivity index (χ2n) is 7.25. The monoisotopic (exact) mass is 263 g/mol. The van der Waals surface area contributed by atoms with Crippen molar-refractivity contribution in [1.82, 2.24) is 5.32 Å². The van der Waals surface area contributed by atoms with Crippen LogP contribution in [0.3, 0.4) is 0 Å². The van der Waals surface area contributed by atoms with Crippen LogP contribution in [0.2, 0.25) is 0 Å². The second-order valence-corrected chi connectivity index (χ2v) is 8.23. The minimum absolute atomic E-state index is 0.457. The molecule has 2 saturated carbocycles. The summed E-state index contributed by atoms with van der Waals surface area (Å²) in [6, 6.07) is 5.57. The zero-order valence-corrected chi connectivity index (χ0v) is 12.8. The molecule has 3 rings (SSSR count). The fourth-order valence-electron chi connectivity index (χ4n) is 4.59. The number of thiophene rings is 1. The van der Waals surface area contributed by atoms with Gasteiger partial charge in [0.2, 0.25) is 0 Å². The van der Waals surface area contributed by atoms with Gasteiger partial charge in [0.25, 0.3) is 0 Å². The molecule has 0 saturated heterocycles. The third kappa shape index (κ3) is 1.77. The number of fused-ring (bicyclic) bond motifs is 2. The number of nitrogens with one attached hydrogen (secondary N) is 1. The minimum atomic E-state index is 0.457. The Kier molecular flexibility index (Phi) is 2.87. The fraction of sp³-hybridized carbons (Fsp3) is 0.750. The molecule has 0 aromatic carbocycles. The third-order valence-corrected chi connectivity index (χ3v) is 6.71. The molecule has 1 aromatic rings. The number of rotatable bonds is 3. The van der Waals surface area contributed by atoms with E-state index in [0.717, 1.165) is 5.92 Å². The average Bonchev–Trinajstić information content (AvgIpc) is 2.96. The lowest BCUT2D eigenvalue weighted by Crippen LogP contribution is -2.50. The van der Waals surface area contributed by atoms with E-state index in [9.17, 15) is 0 Å². The molecule has 4 atom stereocenters. The van der Waals surface area contributed by atoms with E-state index in [0.29, 0.717) is 22.9 Å². The van der Waals surface area contributed by atoms with Crippen molar-refractivity contribution in [3.05, 3.63) is 22.4 Å². The van der Waals surface area contributed by atoms with E-state index < -0.39 is 0 Å². The van der Waals surface area contributed by atoms with E-state index >= 15 is 0 Å². The maximum absolute atomic E-state index is 3.95. The van der Waals surface area contributed by atoms with Crippen LogP contribution in [0.5, 0.6) is 0 Å². The third-order valence-electron chi connectivity index (χ3n) is 5.66. The van der Waals surface area contributed by atoms with Crippen molar-refractivity contribution in [3.63, 3.8) is 0 Å². The van der Waals surface area contributed by atoms with Crippen LogP contribution in [0.1, 0.15) is 57.9 Å². The summed E-state index contributed by atoms with van der Waals surface area (Å²) >= 11 is 1.87. The van der Waals surface area contributed by atoms with Crippen molar-refractivity contribution in [2.75, 3.05) is 0 Å². The first-order valence-corrected chi connectivity index (χ1v) is 8.11. The summed E-state index contributed by atoms with van der Waals surface area (Å²) in [5, 5.41) is 6.14. The topological polar surface area (TPSA) is 12.0 Å². The molecule has 2 fully saturated rings. The van der Waals surface area contributed by atoms with Gasteiger partial charge in [-0.2, -0.15) is 0 Å². The van der Waals surface area contributed by atoms with Gasteiger partial charge in [-0.3, -0.25) is 0 Å². The van der Waals surface area contributed by atoms with Crippen molar-refractivity contribution in [1.29, 1.82) is 0 Å². The van der Waals surface area contributed by atoms with Gasteiger partial charge in [0.05, 0.1) is 0 Å². The SMILES string of the molecule is C[C@H](NC1C(C)(C)[C@H]2CC[C@]1(C)C2)c1cccs1. The van der Waals surface area contributed by atoms with Gasteiger partial charge in [-0.1, -0.05) is 26.8 Å². The van der Waals surface area contributed by atoms with E-state index in [4.69, 9.17) is 0 Å². The molecule has 1 N–H and O–H groups in total. The predicted octanol–water partition coefficient (Wildman–Crippen LogP) is 4.61. The molecule has 18 heavy (non-hydrogen) atoms. The molecular formula is C16H25NS. The first-order chi connectivity index (χ1) is 8.43. The molecule has 1 unspecified atom stereocenters.